The van der Waals surface area contributed by atoms with Crippen LogP contribution in [-0.4, -0.2) is 108 Å². The van der Waals surface area contributed by atoms with Crippen LogP contribution in [0.2, 0.25) is 0 Å². The fourth-order valence-electron chi connectivity index (χ4n) is 4.77. The van der Waals surface area contributed by atoms with Gasteiger partial charge in [0.2, 0.25) is 33.6 Å². The third kappa shape index (κ3) is 4.31. The molecule has 196 valence electrons. The van der Waals surface area contributed by atoms with Gasteiger partial charge in [0.05, 0.1) is 0 Å². The summed E-state index contributed by atoms with van der Waals surface area (Å²) in [5.74, 6) is -3.44. The summed E-state index contributed by atoms with van der Waals surface area (Å²) in [6.07, 6.45) is 2.91. The number of aliphatic imine (C=N–C) groups is 1. The van der Waals surface area contributed by atoms with Gasteiger partial charge in [-0.05, 0) is 31.0 Å². The zero-order valence-corrected chi connectivity index (χ0v) is 20.8. The minimum absolute atomic E-state index is 0.113. The van der Waals surface area contributed by atoms with Crippen molar-refractivity contribution in [2.75, 3.05) is 25.4 Å². The van der Waals surface area contributed by atoms with Crippen LogP contribution in [0.5, 0.6) is 0 Å². The second-order valence-corrected chi connectivity index (χ2v) is 10.9. The molecule has 1 unspecified atom stereocenters. The number of nitrogens with two attached hydrogens (primary N) is 1. The number of amidine groups is 2. The van der Waals surface area contributed by atoms with Gasteiger partial charge in [-0.1, -0.05) is 5.16 Å². The highest BCUT2D eigenvalue weighted by Crippen LogP contribution is 2.41. The molecule has 0 aliphatic carbocycles. The highest BCUT2D eigenvalue weighted by atomic mass is 32.2. The SMILES string of the molecule is NC1=NC(/C(=N/O)C(=O)N[C@@H]2C(=O)N3C(C(=O)O)=C(/C=C4\CCN([C@@H]5CCNC5)C4=O)CS[C@H]23)=NS1=O. The van der Waals surface area contributed by atoms with Crippen LogP contribution in [0.1, 0.15) is 12.8 Å². The number of nitrogens with zero attached hydrogens (tertiary/aromatic N) is 5. The Balaban J connectivity index is 1.33. The monoisotopic (exact) mass is 550 g/mol. The van der Waals surface area contributed by atoms with Crippen LogP contribution in [-0.2, 0) is 30.2 Å². The van der Waals surface area contributed by atoms with Gasteiger partial charge in [-0.15, -0.1) is 11.8 Å². The number of oxime groups is 1. The van der Waals surface area contributed by atoms with Gasteiger partial charge in [0.25, 0.3) is 11.8 Å². The number of hydrogen-bond donors (Lipinski definition) is 5. The lowest BCUT2D eigenvalue weighted by molar-refractivity contribution is -0.150. The van der Waals surface area contributed by atoms with Gasteiger partial charge in [0.15, 0.2) is 0 Å². The minimum atomic E-state index is -2.02. The Morgan fingerprint density at radius 1 is 1.35 bits per heavy atom. The van der Waals surface area contributed by atoms with Gasteiger partial charge in [-0.3, -0.25) is 19.3 Å². The summed E-state index contributed by atoms with van der Waals surface area (Å²) in [4.78, 5) is 57.1. The van der Waals surface area contributed by atoms with E-state index in [1.165, 1.54) is 11.8 Å². The average Bonchev–Trinajstić information content (AvgIpc) is 3.59. The second-order valence-electron chi connectivity index (χ2n) is 8.67. The molecule has 5 rings (SSSR count). The number of carbonyl (C=O) groups is 4. The smallest absolute Gasteiger partial charge is 0.352 e. The summed E-state index contributed by atoms with van der Waals surface area (Å²) in [5, 5.41) is 26.5. The number of nitrogens with one attached hydrogen (secondary N) is 2. The highest BCUT2D eigenvalue weighted by molar-refractivity contribution is 8.00. The molecule has 3 amide bonds. The van der Waals surface area contributed by atoms with Crippen molar-refractivity contribution < 1.29 is 33.7 Å². The predicted molar refractivity (Wildman–Crippen MR) is 132 cm³/mol. The molecule has 0 aromatic carbocycles. The number of allylic oxidation sites excluding steroid dienone is 1. The molecule has 6 N–H and O–H groups in total. The Morgan fingerprint density at radius 3 is 2.76 bits per heavy atom. The van der Waals surface area contributed by atoms with E-state index in [0.29, 0.717) is 24.1 Å². The number of β-lactam (4-membered cyclic amide) rings is 1. The second kappa shape index (κ2) is 9.71. The van der Waals surface area contributed by atoms with E-state index in [9.17, 15) is 33.7 Å². The van der Waals surface area contributed by atoms with Crippen molar-refractivity contribution in [3.63, 3.8) is 0 Å². The quantitative estimate of drug-likeness (QED) is 0.0767. The first-order chi connectivity index (χ1) is 17.7. The van der Waals surface area contributed by atoms with Gasteiger partial charge in [-0.25, -0.2) is 9.00 Å². The topological polar surface area (TPSA) is 219 Å². The van der Waals surface area contributed by atoms with Crippen LogP contribution in [0.25, 0.3) is 0 Å². The maximum absolute atomic E-state index is 12.9. The Labute approximate surface area is 216 Å². The Morgan fingerprint density at radius 2 is 2.14 bits per heavy atom. The molecule has 0 aromatic rings. The zero-order chi connectivity index (χ0) is 26.4. The maximum atomic E-state index is 12.9. The van der Waals surface area contributed by atoms with Crippen LogP contribution in [0.3, 0.4) is 0 Å². The third-order valence-electron chi connectivity index (χ3n) is 6.56. The number of rotatable bonds is 6. The standard InChI is InChI=1S/C20H22N8O7S2/c21-20-24-14(26-37(20)35)11(25-34)15(29)23-12-17(31)28-13(19(32)33)9(7-36-18(12)28)5-8-2-4-27(16(8)30)10-1-3-22-6-10/h5,10,12,18,22,34H,1-4,6-7H2,(H,23,29)(H,32,33)(H2,21,24,26)/b8-5+,25-11-/t10-,12-,18-,37?/m1/s1. The van der Waals surface area contributed by atoms with Crippen LogP contribution >= 0.6 is 11.8 Å². The summed E-state index contributed by atoms with van der Waals surface area (Å²) < 4.78 is 15.1. The molecular formula is C20H22N8O7S2. The van der Waals surface area contributed by atoms with Crippen molar-refractivity contribution in [3.8, 4) is 0 Å². The van der Waals surface area contributed by atoms with E-state index in [0.717, 1.165) is 24.4 Å². The molecule has 0 bridgehead atoms. The Kier molecular flexibility index (Phi) is 6.59. The summed E-state index contributed by atoms with van der Waals surface area (Å²) >= 11 is 1.22. The average molecular weight is 551 g/mol. The number of carboxylic acids is 1. The number of likely N-dealkylation sites (tertiary alicyclic amines) is 1. The molecule has 15 nitrogen and oxygen atoms in total. The summed E-state index contributed by atoms with van der Waals surface area (Å²) in [6.45, 7) is 2.13. The van der Waals surface area contributed by atoms with Crippen molar-refractivity contribution in [1.29, 1.82) is 0 Å². The van der Waals surface area contributed by atoms with Crippen LogP contribution in [0.15, 0.2) is 37.5 Å². The lowest BCUT2D eigenvalue weighted by Gasteiger charge is -2.49. The lowest BCUT2D eigenvalue weighted by atomic mass is 10.0. The molecule has 0 radical (unpaired) electrons. The van der Waals surface area contributed by atoms with Gasteiger partial charge in [0, 0.05) is 30.5 Å². The van der Waals surface area contributed by atoms with E-state index < -0.39 is 51.7 Å². The van der Waals surface area contributed by atoms with E-state index >= 15 is 0 Å². The Hall–Kier alpha value is -3.57. The van der Waals surface area contributed by atoms with Crippen molar-refractivity contribution in [2.24, 2.45) is 20.3 Å². The number of fused-ring (bicyclic) bond motifs is 1. The molecule has 4 atom stereocenters. The van der Waals surface area contributed by atoms with Gasteiger partial charge in [-0.2, -0.15) is 9.39 Å². The van der Waals surface area contributed by atoms with Crippen molar-refractivity contribution in [2.45, 2.75) is 30.3 Å². The van der Waals surface area contributed by atoms with Gasteiger partial charge < -0.3 is 31.6 Å². The molecule has 5 heterocycles. The molecule has 0 saturated carbocycles. The zero-order valence-electron chi connectivity index (χ0n) is 19.1. The first-order valence-corrected chi connectivity index (χ1v) is 13.4. The molecule has 5 aliphatic heterocycles. The van der Waals surface area contributed by atoms with Gasteiger partial charge in [0.1, 0.15) is 17.1 Å². The Bertz CT molecular complexity index is 1280. The fourth-order valence-corrected chi connectivity index (χ4v) is 6.62. The predicted octanol–water partition coefficient (Wildman–Crippen LogP) is -2.53. The van der Waals surface area contributed by atoms with E-state index in [4.69, 9.17) is 5.73 Å². The molecule has 3 fully saturated rings. The first kappa shape index (κ1) is 25.1. The molecule has 0 aromatic heterocycles. The van der Waals surface area contributed by atoms with Crippen LogP contribution < -0.4 is 16.4 Å². The fraction of sp³-hybridized carbons (Fsp3) is 0.450. The number of hydrogen-bond acceptors (Lipinski definition) is 11. The summed E-state index contributed by atoms with van der Waals surface area (Å²) in [6, 6.07) is -1.01. The number of amides is 3. The molecular weight excluding hydrogens is 528 g/mol. The van der Waals surface area contributed by atoms with Crippen molar-refractivity contribution in [3.05, 3.63) is 22.9 Å². The largest absolute Gasteiger partial charge is 0.477 e. The molecule has 5 aliphatic rings. The number of aliphatic carboxylic acids is 1. The maximum Gasteiger partial charge on any atom is 0.352 e. The number of carboxylic acid groups (broad SMARTS) is 1. The highest BCUT2D eigenvalue weighted by Gasteiger charge is 2.54. The molecule has 0 spiro atoms. The normalized spacial score (nSPS) is 30.9. The van der Waals surface area contributed by atoms with Crippen LogP contribution in [0.4, 0.5) is 0 Å². The van der Waals surface area contributed by atoms with E-state index in [1.54, 1.807) is 11.0 Å². The minimum Gasteiger partial charge on any atom is -0.477 e. The number of carbonyl (C=O) groups excluding carboxylic acids is 3. The summed E-state index contributed by atoms with van der Waals surface area (Å²) in [5.41, 5.74) is 5.28. The van der Waals surface area contributed by atoms with Gasteiger partial charge >= 0.3 is 5.97 Å². The first-order valence-electron chi connectivity index (χ1n) is 11.2. The molecule has 17 heteroatoms. The van der Waals surface area contributed by atoms with Crippen LogP contribution in [0, 0.1) is 0 Å². The molecule has 37 heavy (non-hydrogen) atoms. The van der Waals surface area contributed by atoms with E-state index in [-0.39, 0.29) is 28.6 Å². The number of thioether (sulfide) groups is 1. The van der Waals surface area contributed by atoms with Crippen molar-refractivity contribution >= 4 is 63.2 Å². The van der Waals surface area contributed by atoms with E-state index in [1.807, 2.05) is 0 Å². The summed E-state index contributed by atoms with van der Waals surface area (Å²) in [7, 11) is -2.02. The van der Waals surface area contributed by atoms with E-state index in [2.05, 4.69) is 25.2 Å². The molecule has 3 saturated heterocycles. The third-order valence-corrected chi connectivity index (χ3v) is 8.65. The van der Waals surface area contributed by atoms with Crippen molar-refractivity contribution in [1.82, 2.24) is 20.4 Å². The lowest BCUT2D eigenvalue weighted by Crippen LogP contribution is -2.71.